The zero-order valence-electron chi connectivity index (χ0n) is 4.82. The van der Waals surface area contributed by atoms with Gasteiger partial charge in [0.2, 0.25) is 0 Å². The highest BCUT2D eigenvalue weighted by Crippen LogP contribution is 1.91. The van der Waals surface area contributed by atoms with Crippen LogP contribution in [0.4, 0.5) is 4.39 Å². The van der Waals surface area contributed by atoms with Gasteiger partial charge in [-0.2, -0.15) is 0 Å². The second-order valence-corrected chi connectivity index (χ2v) is 1.83. The van der Waals surface area contributed by atoms with Gasteiger partial charge in [0, 0.05) is 0 Å². The number of hydrogen-bond acceptors (Lipinski definition) is 0. The van der Waals surface area contributed by atoms with Crippen LogP contribution in [0.1, 0.15) is 13.8 Å². The molecule has 0 saturated heterocycles. The summed E-state index contributed by atoms with van der Waals surface area (Å²) in [6, 6.07) is 0. The zero-order valence-corrected chi connectivity index (χ0v) is 4.82. The maximum atomic E-state index is 11.3. The first-order valence-corrected chi connectivity index (χ1v) is 2.50. The Balaban J connectivity index is 3.08. The first-order chi connectivity index (χ1) is 3.27. The Morgan fingerprint density at radius 2 is 2.14 bits per heavy atom. The average Bonchev–Trinajstić information content (AvgIpc) is 1.61. The summed E-state index contributed by atoms with van der Waals surface area (Å²) in [6.07, 6.45) is 3.38. The van der Waals surface area contributed by atoms with E-state index in [0.717, 1.165) is 0 Å². The summed E-state index contributed by atoms with van der Waals surface area (Å²) in [7, 11) is 0. The molecule has 0 amide bonds. The molecule has 0 aromatic rings. The van der Waals surface area contributed by atoms with Crippen LogP contribution in [0.5, 0.6) is 0 Å². The molecule has 0 unspecified atom stereocenters. The van der Waals surface area contributed by atoms with Gasteiger partial charge in [-0.25, -0.2) is 4.39 Å². The molecule has 7 heavy (non-hydrogen) atoms. The van der Waals surface area contributed by atoms with Crippen LogP contribution in [0.3, 0.4) is 0 Å². The van der Waals surface area contributed by atoms with Crippen molar-refractivity contribution in [3.8, 4) is 0 Å². The highest BCUT2D eigenvalue weighted by molar-refractivity contribution is 4.83. The molecular weight excluding hydrogens is 91.1 g/mol. The minimum Gasteiger partial charge on any atom is -0.247 e. The monoisotopic (exact) mass is 102 g/mol. The Hall–Kier alpha value is -0.330. The van der Waals surface area contributed by atoms with Crippen molar-refractivity contribution >= 4 is 0 Å². The van der Waals surface area contributed by atoms with Crippen LogP contribution in [0.25, 0.3) is 0 Å². The number of allylic oxidation sites excluding steroid dienone is 2. The summed E-state index contributed by atoms with van der Waals surface area (Å²) >= 11 is 0. The number of alkyl halides is 1. The van der Waals surface area contributed by atoms with Crippen molar-refractivity contribution < 1.29 is 4.39 Å². The van der Waals surface area contributed by atoms with Crippen LogP contribution < -0.4 is 0 Å². The van der Waals surface area contributed by atoms with Gasteiger partial charge in [-0.3, -0.25) is 0 Å². The Labute approximate surface area is 44.0 Å². The second-order valence-electron chi connectivity index (χ2n) is 1.83. The molecule has 0 nitrogen and oxygen atoms in total. The van der Waals surface area contributed by atoms with Crippen molar-refractivity contribution in [1.82, 2.24) is 0 Å². The summed E-state index contributed by atoms with van der Waals surface area (Å²) < 4.78 is 11.3. The summed E-state index contributed by atoms with van der Waals surface area (Å²) in [5.74, 6) is 0.482. The van der Waals surface area contributed by atoms with Gasteiger partial charge < -0.3 is 0 Å². The molecule has 0 aliphatic heterocycles. The topological polar surface area (TPSA) is 0 Å². The average molecular weight is 102 g/mol. The molecular formula is C6H11F. The molecule has 0 aromatic carbocycles. The molecule has 0 spiro atoms. The largest absolute Gasteiger partial charge is 0.247 e. The van der Waals surface area contributed by atoms with Crippen molar-refractivity contribution in [2.24, 2.45) is 5.92 Å². The van der Waals surface area contributed by atoms with E-state index in [2.05, 4.69) is 0 Å². The molecule has 0 saturated carbocycles. The third-order valence-electron chi connectivity index (χ3n) is 0.610. The molecule has 42 valence electrons. The van der Waals surface area contributed by atoms with Gasteiger partial charge in [0.1, 0.15) is 6.67 Å². The van der Waals surface area contributed by atoms with Crippen LogP contribution >= 0.6 is 0 Å². The Bertz CT molecular complexity index is 55.2. The molecule has 1 heteroatoms. The SMILES string of the molecule is CC(C)/C=C/CF. The van der Waals surface area contributed by atoms with Gasteiger partial charge in [-0.05, 0) is 5.92 Å². The fraction of sp³-hybridized carbons (Fsp3) is 0.667. The normalized spacial score (nSPS) is 11.4. The van der Waals surface area contributed by atoms with Gasteiger partial charge in [0.15, 0.2) is 0 Å². The fourth-order valence-corrected chi connectivity index (χ4v) is 0.324. The maximum Gasteiger partial charge on any atom is 0.108 e. The predicted octanol–water partition coefficient (Wildman–Crippen LogP) is 2.17. The number of halogens is 1. The van der Waals surface area contributed by atoms with Gasteiger partial charge in [-0.15, -0.1) is 0 Å². The van der Waals surface area contributed by atoms with Gasteiger partial charge in [0.05, 0.1) is 0 Å². The van der Waals surface area contributed by atoms with Gasteiger partial charge in [-0.1, -0.05) is 26.0 Å². The van der Waals surface area contributed by atoms with E-state index in [4.69, 9.17) is 0 Å². The van der Waals surface area contributed by atoms with Crippen LogP contribution in [0, 0.1) is 5.92 Å². The van der Waals surface area contributed by atoms with E-state index < -0.39 is 0 Å². The highest BCUT2D eigenvalue weighted by Gasteiger charge is 1.79. The third kappa shape index (κ3) is 5.67. The fourth-order valence-electron chi connectivity index (χ4n) is 0.324. The first-order valence-electron chi connectivity index (χ1n) is 2.50. The van der Waals surface area contributed by atoms with E-state index in [1.54, 1.807) is 0 Å². The first kappa shape index (κ1) is 6.67. The van der Waals surface area contributed by atoms with E-state index in [1.807, 2.05) is 19.9 Å². The van der Waals surface area contributed by atoms with Crippen molar-refractivity contribution in [2.75, 3.05) is 6.67 Å². The lowest BCUT2D eigenvalue weighted by molar-refractivity contribution is 0.559. The van der Waals surface area contributed by atoms with E-state index in [0.29, 0.717) is 5.92 Å². The van der Waals surface area contributed by atoms with Gasteiger partial charge >= 0.3 is 0 Å². The van der Waals surface area contributed by atoms with Crippen molar-refractivity contribution in [3.63, 3.8) is 0 Å². The number of hydrogen-bond donors (Lipinski definition) is 0. The highest BCUT2D eigenvalue weighted by atomic mass is 19.1. The lowest BCUT2D eigenvalue weighted by atomic mass is 10.2. The van der Waals surface area contributed by atoms with Crippen LogP contribution in [-0.2, 0) is 0 Å². The lowest BCUT2D eigenvalue weighted by Crippen LogP contribution is -1.76. The summed E-state index contributed by atoms with van der Waals surface area (Å²) in [4.78, 5) is 0. The van der Waals surface area contributed by atoms with Crippen LogP contribution in [-0.4, -0.2) is 6.67 Å². The molecule has 0 aromatic heterocycles. The zero-order chi connectivity index (χ0) is 5.70. The van der Waals surface area contributed by atoms with E-state index in [9.17, 15) is 4.39 Å². The molecule has 0 atom stereocenters. The summed E-state index contributed by atoms with van der Waals surface area (Å²) in [5.41, 5.74) is 0. The van der Waals surface area contributed by atoms with Crippen LogP contribution in [0.2, 0.25) is 0 Å². The van der Waals surface area contributed by atoms with Crippen molar-refractivity contribution in [2.45, 2.75) is 13.8 Å². The molecule has 0 radical (unpaired) electrons. The van der Waals surface area contributed by atoms with E-state index in [-0.39, 0.29) is 6.67 Å². The third-order valence-corrected chi connectivity index (χ3v) is 0.610. The Morgan fingerprint density at radius 1 is 1.57 bits per heavy atom. The summed E-state index contributed by atoms with van der Waals surface area (Å²) in [6.45, 7) is 3.70. The predicted molar refractivity (Wildman–Crippen MR) is 30.0 cm³/mol. The standard InChI is InChI=1S/C6H11F/c1-6(2)4-3-5-7/h3-4,6H,5H2,1-2H3/b4-3+. The quantitative estimate of drug-likeness (QED) is 0.469. The second kappa shape index (κ2) is 3.85. The van der Waals surface area contributed by atoms with E-state index in [1.165, 1.54) is 6.08 Å². The molecule has 0 aliphatic carbocycles. The molecule has 0 aliphatic rings. The smallest absolute Gasteiger partial charge is 0.108 e. The Kier molecular flexibility index (Phi) is 3.67. The van der Waals surface area contributed by atoms with Crippen LogP contribution in [0.15, 0.2) is 12.2 Å². The molecule has 0 N–H and O–H groups in total. The van der Waals surface area contributed by atoms with E-state index >= 15 is 0 Å². The number of rotatable bonds is 2. The lowest BCUT2D eigenvalue weighted by Gasteiger charge is -1.88. The molecule has 0 fully saturated rings. The Morgan fingerprint density at radius 3 is 2.29 bits per heavy atom. The molecule has 0 heterocycles. The van der Waals surface area contributed by atoms with Gasteiger partial charge in [0.25, 0.3) is 0 Å². The summed E-state index contributed by atoms with van der Waals surface area (Å²) in [5, 5.41) is 0. The minimum atomic E-state index is -0.335. The minimum absolute atomic E-state index is 0.335. The van der Waals surface area contributed by atoms with Crippen molar-refractivity contribution in [3.05, 3.63) is 12.2 Å². The van der Waals surface area contributed by atoms with Crippen molar-refractivity contribution in [1.29, 1.82) is 0 Å². The molecule has 0 rings (SSSR count). The maximum absolute atomic E-state index is 11.3. The molecule has 0 bridgehead atoms.